The van der Waals surface area contributed by atoms with Gasteiger partial charge in [-0.3, -0.25) is 9.69 Å². The first-order chi connectivity index (χ1) is 10.2. The number of anilines is 1. The van der Waals surface area contributed by atoms with E-state index in [-0.39, 0.29) is 5.91 Å². The molecule has 5 nitrogen and oxygen atoms in total. The van der Waals surface area contributed by atoms with Gasteiger partial charge in [-0.2, -0.15) is 0 Å². The predicted octanol–water partition coefficient (Wildman–Crippen LogP) is 0.815. The van der Waals surface area contributed by atoms with Crippen molar-refractivity contribution in [2.24, 2.45) is 0 Å². The van der Waals surface area contributed by atoms with Gasteiger partial charge < -0.3 is 15.4 Å². The van der Waals surface area contributed by atoms with Crippen molar-refractivity contribution < 1.29 is 9.53 Å². The Kier molecular flexibility index (Phi) is 5.47. The maximum absolute atomic E-state index is 12.1. The maximum Gasteiger partial charge on any atom is 0.226 e. The Morgan fingerprint density at radius 1 is 1.29 bits per heavy atom. The largest absolute Gasteiger partial charge is 0.491 e. The summed E-state index contributed by atoms with van der Waals surface area (Å²) in [5, 5.41) is 0. The van der Waals surface area contributed by atoms with Crippen molar-refractivity contribution in [1.29, 1.82) is 0 Å². The van der Waals surface area contributed by atoms with Crippen molar-refractivity contribution in [3.05, 3.63) is 24.3 Å². The van der Waals surface area contributed by atoms with Gasteiger partial charge in [0.15, 0.2) is 0 Å². The third-order valence-electron chi connectivity index (χ3n) is 3.53. The highest BCUT2D eigenvalue weighted by molar-refractivity contribution is 5.76. The first-order valence-corrected chi connectivity index (χ1v) is 7.11. The molecule has 0 aliphatic carbocycles. The molecule has 1 aromatic rings. The van der Waals surface area contributed by atoms with Gasteiger partial charge in [0, 0.05) is 26.2 Å². The number of piperazine rings is 1. The number of carbonyl (C=O) groups is 1. The molecule has 0 atom stereocenters. The number of nitrogens with zero attached hydrogens (tertiary/aromatic N) is 2. The summed E-state index contributed by atoms with van der Waals surface area (Å²) in [5.74, 6) is 3.37. The lowest BCUT2D eigenvalue weighted by molar-refractivity contribution is -0.133. The highest BCUT2D eigenvalue weighted by atomic mass is 16.5. The molecule has 0 aromatic heterocycles. The van der Waals surface area contributed by atoms with Crippen LogP contribution in [0.15, 0.2) is 24.3 Å². The highest BCUT2D eigenvalue weighted by Crippen LogP contribution is 2.19. The van der Waals surface area contributed by atoms with E-state index in [2.05, 4.69) is 10.8 Å². The van der Waals surface area contributed by atoms with Gasteiger partial charge in [0.25, 0.3) is 0 Å². The number of benzene rings is 1. The monoisotopic (exact) mass is 287 g/mol. The van der Waals surface area contributed by atoms with Crippen molar-refractivity contribution >= 4 is 11.6 Å². The number of hydrogen-bond acceptors (Lipinski definition) is 4. The number of hydrogen-bond donors (Lipinski definition) is 1. The molecule has 0 spiro atoms. The summed E-state index contributed by atoms with van der Waals surface area (Å²) in [7, 11) is 0. The van der Waals surface area contributed by atoms with Crippen molar-refractivity contribution in [3.63, 3.8) is 0 Å². The Morgan fingerprint density at radius 3 is 2.67 bits per heavy atom. The quantitative estimate of drug-likeness (QED) is 0.643. The van der Waals surface area contributed by atoms with E-state index in [0.29, 0.717) is 31.0 Å². The number of carbonyl (C=O) groups excluding carboxylic acids is 1. The summed E-state index contributed by atoms with van der Waals surface area (Å²) in [5.41, 5.74) is 6.37. The molecule has 112 valence electrons. The zero-order chi connectivity index (χ0) is 15.1. The number of ether oxygens (including phenoxy) is 1. The lowest BCUT2D eigenvalue weighted by atomic mass is 10.2. The second kappa shape index (κ2) is 7.55. The third-order valence-corrected chi connectivity index (χ3v) is 3.53. The van der Waals surface area contributed by atoms with Gasteiger partial charge in [0.05, 0.1) is 25.3 Å². The van der Waals surface area contributed by atoms with Crippen molar-refractivity contribution in [2.75, 3.05) is 45.1 Å². The number of terminal acetylenes is 1. The fourth-order valence-corrected chi connectivity index (χ4v) is 2.30. The summed E-state index contributed by atoms with van der Waals surface area (Å²) >= 11 is 0. The van der Waals surface area contributed by atoms with Gasteiger partial charge in [-0.05, 0) is 12.1 Å². The molecule has 2 N–H and O–H groups in total. The Balaban J connectivity index is 1.71. The molecule has 1 aliphatic heterocycles. The van der Waals surface area contributed by atoms with Crippen LogP contribution in [0.3, 0.4) is 0 Å². The first-order valence-electron chi connectivity index (χ1n) is 7.11. The molecule has 0 bridgehead atoms. The molecular formula is C16H21N3O2. The van der Waals surface area contributed by atoms with Crippen LogP contribution in [-0.4, -0.2) is 55.0 Å². The summed E-state index contributed by atoms with van der Waals surface area (Å²) in [4.78, 5) is 16.1. The number of rotatable bonds is 5. The van der Waals surface area contributed by atoms with E-state index in [1.54, 1.807) is 12.1 Å². The molecule has 1 amide bonds. The van der Waals surface area contributed by atoms with E-state index in [9.17, 15) is 4.79 Å². The van der Waals surface area contributed by atoms with Gasteiger partial charge in [0.1, 0.15) is 5.75 Å². The molecule has 0 radical (unpaired) electrons. The molecule has 21 heavy (non-hydrogen) atoms. The van der Waals surface area contributed by atoms with E-state index >= 15 is 0 Å². The van der Waals surface area contributed by atoms with E-state index in [1.807, 2.05) is 17.0 Å². The minimum absolute atomic E-state index is 0.116. The fraction of sp³-hybridized carbons (Fsp3) is 0.438. The van der Waals surface area contributed by atoms with Gasteiger partial charge in [0.2, 0.25) is 5.91 Å². The summed E-state index contributed by atoms with van der Waals surface area (Å²) in [6, 6.07) is 7.29. The third kappa shape index (κ3) is 4.40. The Labute approximate surface area is 125 Å². The standard InChI is InChI=1S/C16H21N3O2/c1-2-8-18-9-11-19(12-10-18)16(20)7-13-21-15-6-4-3-5-14(15)17/h1,3-6H,7-13,17H2. The van der Waals surface area contributed by atoms with E-state index < -0.39 is 0 Å². The summed E-state index contributed by atoms with van der Waals surface area (Å²) < 4.78 is 5.55. The van der Waals surface area contributed by atoms with Crippen LogP contribution in [0, 0.1) is 12.3 Å². The average molecular weight is 287 g/mol. The fourth-order valence-electron chi connectivity index (χ4n) is 2.30. The highest BCUT2D eigenvalue weighted by Gasteiger charge is 2.20. The second-order valence-electron chi connectivity index (χ2n) is 5.00. The van der Waals surface area contributed by atoms with E-state index in [0.717, 1.165) is 26.2 Å². The SMILES string of the molecule is C#CCN1CCN(C(=O)CCOc2ccccc2N)CC1. The van der Waals surface area contributed by atoms with E-state index in [4.69, 9.17) is 16.9 Å². The van der Waals surface area contributed by atoms with Crippen molar-refractivity contribution in [1.82, 2.24) is 9.80 Å². The Morgan fingerprint density at radius 2 is 2.00 bits per heavy atom. The van der Waals surface area contributed by atoms with Crippen LogP contribution in [0.4, 0.5) is 5.69 Å². The first kappa shape index (κ1) is 15.2. The smallest absolute Gasteiger partial charge is 0.226 e. The lowest BCUT2D eigenvalue weighted by Crippen LogP contribution is -2.48. The van der Waals surface area contributed by atoms with Crippen molar-refractivity contribution in [3.8, 4) is 18.1 Å². The maximum atomic E-state index is 12.1. The van der Waals surface area contributed by atoms with Gasteiger partial charge in [-0.15, -0.1) is 6.42 Å². The molecule has 0 saturated carbocycles. The van der Waals surface area contributed by atoms with Gasteiger partial charge in [-0.25, -0.2) is 0 Å². The number of para-hydroxylation sites is 2. The van der Waals surface area contributed by atoms with Gasteiger partial charge >= 0.3 is 0 Å². The van der Waals surface area contributed by atoms with Crippen LogP contribution in [0.25, 0.3) is 0 Å². The predicted molar refractivity (Wildman–Crippen MR) is 82.8 cm³/mol. The minimum Gasteiger partial charge on any atom is -0.491 e. The van der Waals surface area contributed by atoms with Crippen LogP contribution in [0.1, 0.15) is 6.42 Å². The second-order valence-corrected chi connectivity index (χ2v) is 5.00. The molecule has 1 fully saturated rings. The Hall–Kier alpha value is -2.19. The normalized spacial score (nSPS) is 15.5. The van der Waals surface area contributed by atoms with Crippen LogP contribution >= 0.6 is 0 Å². The number of amides is 1. The summed E-state index contributed by atoms with van der Waals surface area (Å²) in [6.07, 6.45) is 5.65. The van der Waals surface area contributed by atoms with Crippen molar-refractivity contribution in [2.45, 2.75) is 6.42 Å². The lowest BCUT2D eigenvalue weighted by Gasteiger charge is -2.33. The molecule has 1 aliphatic rings. The van der Waals surface area contributed by atoms with Crippen LogP contribution in [0.5, 0.6) is 5.75 Å². The summed E-state index contributed by atoms with van der Waals surface area (Å²) in [6.45, 7) is 4.13. The number of nitrogens with two attached hydrogens (primary N) is 1. The number of nitrogen functional groups attached to an aromatic ring is 1. The van der Waals surface area contributed by atoms with Crippen LogP contribution in [0.2, 0.25) is 0 Å². The molecule has 1 aromatic carbocycles. The zero-order valence-corrected chi connectivity index (χ0v) is 12.1. The zero-order valence-electron chi connectivity index (χ0n) is 12.1. The van der Waals surface area contributed by atoms with Crippen LogP contribution in [-0.2, 0) is 4.79 Å². The Bertz CT molecular complexity index is 516. The molecule has 2 rings (SSSR count). The molecule has 5 heteroatoms. The minimum atomic E-state index is 0.116. The molecular weight excluding hydrogens is 266 g/mol. The molecule has 1 saturated heterocycles. The topological polar surface area (TPSA) is 58.8 Å². The average Bonchev–Trinajstić information content (AvgIpc) is 2.50. The van der Waals surface area contributed by atoms with Gasteiger partial charge in [-0.1, -0.05) is 18.1 Å². The van der Waals surface area contributed by atoms with E-state index in [1.165, 1.54) is 0 Å². The molecule has 1 heterocycles. The van der Waals surface area contributed by atoms with Crippen LogP contribution < -0.4 is 10.5 Å². The molecule has 0 unspecified atom stereocenters.